The van der Waals surface area contributed by atoms with Crippen LogP contribution in [0.5, 0.6) is 0 Å². The van der Waals surface area contributed by atoms with Crippen LogP contribution >= 0.6 is 0 Å². The number of sulfonamides is 1. The first kappa shape index (κ1) is 23.4. The zero-order valence-electron chi connectivity index (χ0n) is 18.0. The molecule has 1 aliphatic heterocycles. The molecule has 1 heterocycles. The molecule has 7 nitrogen and oxygen atoms in total. The van der Waals surface area contributed by atoms with E-state index in [1.54, 1.807) is 18.2 Å². The summed E-state index contributed by atoms with van der Waals surface area (Å²) in [6.45, 7) is 4.37. The van der Waals surface area contributed by atoms with Crippen LogP contribution in [-0.2, 0) is 30.7 Å². The largest absolute Gasteiger partial charge is 0.353 e. The van der Waals surface area contributed by atoms with Gasteiger partial charge in [0.05, 0.1) is 11.5 Å². The first-order valence-corrected chi connectivity index (χ1v) is 12.1. The number of benzene rings is 2. The van der Waals surface area contributed by atoms with E-state index in [-0.39, 0.29) is 11.5 Å². The maximum atomic E-state index is 13.0. The number of ether oxygens (including phenoxy) is 2. The Labute approximate surface area is 184 Å². The molecule has 31 heavy (non-hydrogen) atoms. The summed E-state index contributed by atoms with van der Waals surface area (Å²) in [5.41, 5.74) is 2.63. The Bertz CT molecular complexity index is 970. The van der Waals surface area contributed by atoms with Crippen molar-refractivity contribution < 1.29 is 22.7 Å². The van der Waals surface area contributed by atoms with Crippen molar-refractivity contribution in [3.8, 4) is 0 Å². The van der Waals surface area contributed by atoms with Gasteiger partial charge in [0.1, 0.15) is 6.04 Å². The number of carbonyl (C=O) groups is 1. The van der Waals surface area contributed by atoms with Crippen LogP contribution in [0.3, 0.4) is 0 Å². The van der Waals surface area contributed by atoms with E-state index in [2.05, 4.69) is 10.0 Å². The van der Waals surface area contributed by atoms with Crippen molar-refractivity contribution in [2.45, 2.75) is 56.8 Å². The second kappa shape index (κ2) is 10.9. The van der Waals surface area contributed by atoms with Gasteiger partial charge in [-0.2, -0.15) is 4.72 Å². The minimum absolute atomic E-state index is 0.0952. The normalized spacial score (nSPS) is 17.8. The highest BCUT2D eigenvalue weighted by molar-refractivity contribution is 7.89. The molecular weight excluding hydrogens is 416 g/mol. The van der Waals surface area contributed by atoms with Gasteiger partial charge in [-0.3, -0.25) is 4.79 Å². The summed E-state index contributed by atoms with van der Waals surface area (Å²) in [5, 5.41) is 2.80. The molecule has 1 fully saturated rings. The van der Waals surface area contributed by atoms with Gasteiger partial charge in [0.25, 0.3) is 0 Å². The number of aryl methyl sites for hydroxylation is 2. The van der Waals surface area contributed by atoms with Crippen molar-refractivity contribution in [3.05, 3.63) is 59.7 Å². The van der Waals surface area contributed by atoms with Gasteiger partial charge in [-0.15, -0.1) is 0 Å². The molecule has 0 spiro atoms. The van der Waals surface area contributed by atoms with Crippen molar-refractivity contribution in [1.82, 2.24) is 4.72 Å². The van der Waals surface area contributed by atoms with Crippen LogP contribution in [-0.4, -0.2) is 39.9 Å². The summed E-state index contributed by atoms with van der Waals surface area (Å²) >= 11 is 0. The van der Waals surface area contributed by atoms with Crippen molar-refractivity contribution in [3.63, 3.8) is 0 Å². The Hall–Kier alpha value is -2.26. The number of rotatable bonds is 9. The highest BCUT2D eigenvalue weighted by Gasteiger charge is 2.28. The van der Waals surface area contributed by atoms with Gasteiger partial charge in [-0.05, 0) is 62.4 Å². The Kier molecular flexibility index (Phi) is 8.20. The lowest BCUT2D eigenvalue weighted by molar-refractivity contribution is -0.166. The van der Waals surface area contributed by atoms with Crippen LogP contribution in [0.15, 0.2) is 53.4 Å². The predicted molar refractivity (Wildman–Crippen MR) is 119 cm³/mol. The van der Waals surface area contributed by atoms with E-state index in [4.69, 9.17) is 9.47 Å². The first-order chi connectivity index (χ1) is 14.9. The number of amides is 1. The number of hydrogen-bond donors (Lipinski definition) is 2. The Balaban J connectivity index is 1.75. The third-order valence-corrected chi connectivity index (χ3v) is 6.62. The quantitative estimate of drug-likeness (QED) is 0.616. The van der Waals surface area contributed by atoms with Crippen molar-refractivity contribution in [2.75, 3.05) is 18.5 Å². The maximum Gasteiger partial charge on any atom is 0.244 e. The monoisotopic (exact) mass is 446 g/mol. The fraction of sp³-hybridized carbons (Fsp3) is 0.435. The Morgan fingerprint density at radius 3 is 2.65 bits per heavy atom. The highest BCUT2D eigenvalue weighted by atomic mass is 32.2. The average molecular weight is 447 g/mol. The molecule has 0 aliphatic carbocycles. The zero-order chi connectivity index (χ0) is 22.3. The summed E-state index contributed by atoms with van der Waals surface area (Å²) in [4.78, 5) is 13.1. The number of hydrogen-bond acceptors (Lipinski definition) is 5. The number of carbonyl (C=O) groups excluding carboxylic acids is 1. The van der Waals surface area contributed by atoms with E-state index in [1.807, 2.05) is 32.0 Å². The van der Waals surface area contributed by atoms with Crippen LogP contribution < -0.4 is 10.0 Å². The molecule has 1 aliphatic rings. The third-order valence-electron chi connectivity index (χ3n) is 5.13. The zero-order valence-corrected chi connectivity index (χ0v) is 18.8. The lowest BCUT2D eigenvalue weighted by Crippen LogP contribution is -2.47. The standard InChI is InChI=1S/C23H30N2O5S/c1-3-18-7-6-8-19(15-18)24-23(26)21(16-30-22-9-4-5-14-29-22)25-31(27,28)20-12-10-17(2)11-13-20/h6-8,10-13,15,21-22,25H,3-5,9,14,16H2,1-2H3,(H,24,26). The Morgan fingerprint density at radius 2 is 1.97 bits per heavy atom. The minimum atomic E-state index is -3.91. The molecule has 1 amide bonds. The number of anilines is 1. The van der Waals surface area contributed by atoms with E-state index >= 15 is 0 Å². The smallest absolute Gasteiger partial charge is 0.244 e. The topological polar surface area (TPSA) is 93.7 Å². The van der Waals surface area contributed by atoms with E-state index in [0.29, 0.717) is 12.3 Å². The van der Waals surface area contributed by atoms with Gasteiger partial charge in [0.15, 0.2) is 6.29 Å². The van der Waals surface area contributed by atoms with Crippen LogP contribution in [0, 0.1) is 6.92 Å². The van der Waals surface area contributed by atoms with Gasteiger partial charge in [-0.25, -0.2) is 8.42 Å². The average Bonchev–Trinajstić information content (AvgIpc) is 2.77. The molecule has 0 radical (unpaired) electrons. The van der Waals surface area contributed by atoms with Gasteiger partial charge in [0, 0.05) is 12.3 Å². The van der Waals surface area contributed by atoms with Crippen LogP contribution in [0.25, 0.3) is 0 Å². The van der Waals surface area contributed by atoms with Gasteiger partial charge < -0.3 is 14.8 Å². The molecule has 0 saturated carbocycles. The van der Waals surface area contributed by atoms with Crippen molar-refractivity contribution in [2.24, 2.45) is 0 Å². The first-order valence-electron chi connectivity index (χ1n) is 10.6. The van der Waals surface area contributed by atoms with Gasteiger partial charge >= 0.3 is 0 Å². The van der Waals surface area contributed by atoms with Crippen LogP contribution in [0.1, 0.15) is 37.3 Å². The molecule has 1 saturated heterocycles. The van der Waals surface area contributed by atoms with Gasteiger partial charge in [-0.1, -0.05) is 36.8 Å². The van der Waals surface area contributed by atoms with Crippen LogP contribution in [0.4, 0.5) is 5.69 Å². The molecule has 2 aromatic carbocycles. The molecule has 3 rings (SSSR count). The van der Waals surface area contributed by atoms with Crippen LogP contribution in [0.2, 0.25) is 0 Å². The highest BCUT2D eigenvalue weighted by Crippen LogP contribution is 2.16. The Morgan fingerprint density at radius 1 is 1.19 bits per heavy atom. The number of nitrogens with one attached hydrogen (secondary N) is 2. The fourth-order valence-electron chi connectivity index (χ4n) is 3.28. The third kappa shape index (κ3) is 6.87. The second-order valence-corrected chi connectivity index (χ2v) is 9.37. The molecular formula is C23H30N2O5S. The second-order valence-electron chi connectivity index (χ2n) is 7.66. The minimum Gasteiger partial charge on any atom is -0.353 e. The molecule has 2 aromatic rings. The summed E-state index contributed by atoms with van der Waals surface area (Å²) in [6, 6.07) is 12.8. The van der Waals surface area contributed by atoms with Crippen molar-refractivity contribution in [1.29, 1.82) is 0 Å². The van der Waals surface area contributed by atoms with Gasteiger partial charge in [0.2, 0.25) is 15.9 Å². The molecule has 0 bridgehead atoms. The van der Waals surface area contributed by atoms with E-state index < -0.39 is 28.3 Å². The summed E-state index contributed by atoms with van der Waals surface area (Å²) in [7, 11) is -3.91. The molecule has 2 N–H and O–H groups in total. The molecule has 0 aromatic heterocycles. The summed E-state index contributed by atoms with van der Waals surface area (Å²) in [5.74, 6) is -0.486. The molecule has 8 heteroatoms. The molecule has 2 atom stereocenters. The SMILES string of the molecule is CCc1cccc(NC(=O)C(COC2CCCCO2)NS(=O)(=O)c2ccc(C)cc2)c1. The lowest BCUT2D eigenvalue weighted by atomic mass is 10.1. The molecule has 168 valence electrons. The van der Waals surface area contributed by atoms with E-state index in [1.165, 1.54) is 12.1 Å². The van der Waals surface area contributed by atoms with Crippen molar-refractivity contribution >= 4 is 21.6 Å². The lowest BCUT2D eigenvalue weighted by Gasteiger charge is -2.25. The van der Waals surface area contributed by atoms with E-state index in [9.17, 15) is 13.2 Å². The summed E-state index contributed by atoms with van der Waals surface area (Å²) in [6.07, 6.45) is 3.06. The predicted octanol–water partition coefficient (Wildman–Crippen LogP) is 3.39. The summed E-state index contributed by atoms with van der Waals surface area (Å²) < 4.78 is 39.6. The molecule has 2 unspecified atom stereocenters. The van der Waals surface area contributed by atoms with E-state index in [0.717, 1.165) is 36.8 Å². The maximum absolute atomic E-state index is 13.0. The fourth-order valence-corrected chi connectivity index (χ4v) is 4.46.